The van der Waals surface area contributed by atoms with Crippen LogP contribution in [0.2, 0.25) is 5.02 Å². The molecule has 29 heavy (non-hydrogen) atoms. The monoisotopic (exact) mass is 434 g/mol. The Morgan fingerprint density at radius 3 is 2.41 bits per heavy atom. The molecule has 1 aromatic carbocycles. The van der Waals surface area contributed by atoms with Gasteiger partial charge in [0, 0.05) is 23.3 Å². The molecule has 7 nitrogen and oxygen atoms in total. The number of hydrogen-bond donors (Lipinski definition) is 1. The van der Waals surface area contributed by atoms with Crippen LogP contribution < -0.4 is 10.9 Å². The van der Waals surface area contributed by atoms with Gasteiger partial charge in [-0.1, -0.05) is 11.6 Å². The molecule has 2 aromatic heterocycles. The lowest BCUT2D eigenvalue weighted by atomic mass is 10.2. The molecule has 0 bridgehead atoms. The number of anilines is 2. The summed E-state index contributed by atoms with van der Waals surface area (Å²) >= 11 is 6.05. The van der Waals surface area contributed by atoms with Crippen LogP contribution in [0, 0.1) is 6.92 Å². The summed E-state index contributed by atoms with van der Waals surface area (Å²) in [5.41, 5.74) is 1.59. The van der Waals surface area contributed by atoms with E-state index in [1.165, 1.54) is 4.57 Å². The summed E-state index contributed by atoms with van der Waals surface area (Å²) in [6.07, 6.45) is 1.60. The Bertz CT molecular complexity index is 1250. The molecule has 0 spiro atoms. The molecule has 1 N–H and O–H groups in total. The third-order valence-electron chi connectivity index (χ3n) is 4.64. The van der Waals surface area contributed by atoms with Crippen LogP contribution >= 0.6 is 11.6 Å². The van der Waals surface area contributed by atoms with Gasteiger partial charge in [-0.05, 0) is 64.4 Å². The number of aryl methyl sites for hydroxylation is 1. The van der Waals surface area contributed by atoms with Crippen molar-refractivity contribution in [3.63, 3.8) is 0 Å². The molecular weight excluding hydrogens is 412 g/mol. The van der Waals surface area contributed by atoms with Crippen molar-refractivity contribution in [2.75, 3.05) is 5.32 Å². The molecule has 3 aromatic rings. The average molecular weight is 435 g/mol. The number of nitrogens with zero attached hydrogens (tertiary/aromatic N) is 3. The van der Waals surface area contributed by atoms with Crippen LogP contribution in [-0.2, 0) is 9.84 Å². The molecule has 0 atom stereocenters. The van der Waals surface area contributed by atoms with Gasteiger partial charge in [-0.25, -0.2) is 13.4 Å². The number of halogens is 1. The van der Waals surface area contributed by atoms with Gasteiger partial charge in [-0.2, -0.15) is 4.98 Å². The molecule has 0 unspecified atom stereocenters. The molecule has 3 rings (SSSR count). The number of fused-ring (bicyclic) bond motifs is 1. The highest BCUT2D eigenvalue weighted by Crippen LogP contribution is 2.25. The molecule has 2 heterocycles. The van der Waals surface area contributed by atoms with Gasteiger partial charge in [0.1, 0.15) is 10.7 Å². The minimum Gasteiger partial charge on any atom is -0.324 e. The first-order chi connectivity index (χ1) is 13.5. The molecule has 0 radical (unpaired) electrons. The van der Waals surface area contributed by atoms with E-state index in [1.807, 2.05) is 20.8 Å². The normalized spacial score (nSPS) is 12.1. The number of sulfone groups is 1. The molecular formula is C20H23ClN4O3S. The number of rotatable bonds is 5. The Morgan fingerprint density at radius 1 is 1.14 bits per heavy atom. The summed E-state index contributed by atoms with van der Waals surface area (Å²) in [6, 6.07) is 6.31. The smallest absolute Gasteiger partial charge is 0.271 e. The van der Waals surface area contributed by atoms with Crippen LogP contribution in [0.25, 0.3) is 11.0 Å². The molecule has 154 valence electrons. The second kappa shape index (κ2) is 7.76. The minimum absolute atomic E-state index is 0.119. The standard InChI is InChI=1S/C20H23ClN4O3S/c1-11(2)25-18-14(9-16(21)19(25)26)10-22-20(24-18)23-17-7-6-15(8-13(17)5)29(27,28)12(3)4/h6-12H,1-5H3,(H,22,23,24). The first-order valence-corrected chi connectivity index (χ1v) is 11.1. The summed E-state index contributed by atoms with van der Waals surface area (Å²) < 4.78 is 26.3. The highest BCUT2D eigenvalue weighted by molar-refractivity contribution is 7.92. The molecule has 0 aliphatic rings. The SMILES string of the molecule is Cc1cc(S(=O)(=O)C(C)C)ccc1Nc1ncc2cc(Cl)c(=O)n(C(C)C)c2n1. The zero-order valence-corrected chi connectivity index (χ0v) is 18.5. The zero-order chi connectivity index (χ0) is 21.5. The highest BCUT2D eigenvalue weighted by Gasteiger charge is 2.20. The van der Waals surface area contributed by atoms with Crippen molar-refractivity contribution in [2.45, 2.75) is 50.8 Å². The molecule has 0 amide bonds. The zero-order valence-electron chi connectivity index (χ0n) is 16.9. The van der Waals surface area contributed by atoms with Crippen LogP contribution in [0.3, 0.4) is 0 Å². The topological polar surface area (TPSA) is 94.0 Å². The molecule has 0 saturated heterocycles. The Hall–Kier alpha value is -2.45. The summed E-state index contributed by atoms with van der Waals surface area (Å²) in [6.45, 7) is 8.88. The van der Waals surface area contributed by atoms with Gasteiger partial charge in [-0.15, -0.1) is 0 Å². The summed E-state index contributed by atoms with van der Waals surface area (Å²) in [4.78, 5) is 21.5. The van der Waals surface area contributed by atoms with E-state index in [1.54, 1.807) is 44.3 Å². The van der Waals surface area contributed by atoms with Crippen LogP contribution in [-0.4, -0.2) is 28.2 Å². The van der Waals surface area contributed by atoms with Crippen LogP contribution in [0.15, 0.2) is 40.2 Å². The van der Waals surface area contributed by atoms with Gasteiger partial charge >= 0.3 is 0 Å². The number of aromatic nitrogens is 3. The van der Waals surface area contributed by atoms with Crippen molar-refractivity contribution >= 4 is 44.1 Å². The van der Waals surface area contributed by atoms with E-state index >= 15 is 0 Å². The van der Waals surface area contributed by atoms with Crippen LogP contribution in [0.4, 0.5) is 11.6 Å². The van der Waals surface area contributed by atoms with Gasteiger partial charge in [0.15, 0.2) is 9.84 Å². The number of nitrogens with one attached hydrogen (secondary N) is 1. The maximum atomic E-state index is 12.4. The number of pyridine rings is 1. The van der Waals surface area contributed by atoms with Gasteiger partial charge in [0.05, 0.1) is 10.1 Å². The minimum atomic E-state index is -3.35. The van der Waals surface area contributed by atoms with E-state index in [0.29, 0.717) is 22.7 Å². The highest BCUT2D eigenvalue weighted by atomic mass is 35.5. The maximum absolute atomic E-state index is 12.4. The number of benzene rings is 1. The van der Waals surface area contributed by atoms with Gasteiger partial charge in [-0.3, -0.25) is 9.36 Å². The lowest BCUT2D eigenvalue weighted by Crippen LogP contribution is -2.23. The Balaban J connectivity index is 2.04. The largest absolute Gasteiger partial charge is 0.324 e. The van der Waals surface area contributed by atoms with E-state index in [2.05, 4.69) is 15.3 Å². The average Bonchev–Trinajstić information content (AvgIpc) is 2.64. The van der Waals surface area contributed by atoms with Crippen molar-refractivity contribution in [3.05, 3.63) is 51.4 Å². The van der Waals surface area contributed by atoms with Gasteiger partial charge < -0.3 is 5.32 Å². The second-order valence-electron chi connectivity index (χ2n) is 7.43. The molecule has 0 aliphatic heterocycles. The van der Waals surface area contributed by atoms with Crippen LogP contribution in [0.5, 0.6) is 0 Å². The lowest BCUT2D eigenvalue weighted by Gasteiger charge is -2.15. The molecule has 0 saturated carbocycles. The molecule has 0 fully saturated rings. The van der Waals surface area contributed by atoms with Crippen molar-refractivity contribution in [2.24, 2.45) is 0 Å². The first kappa shape index (κ1) is 21.3. The summed E-state index contributed by atoms with van der Waals surface area (Å²) in [7, 11) is -3.35. The van der Waals surface area contributed by atoms with E-state index in [-0.39, 0.29) is 21.5 Å². The fraction of sp³-hybridized carbons (Fsp3) is 0.350. The third-order valence-corrected chi connectivity index (χ3v) is 7.06. The summed E-state index contributed by atoms with van der Waals surface area (Å²) in [5.74, 6) is 0.302. The molecule has 9 heteroatoms. The maximum Gasteiger partial charge on any atom is 0.271 e. The fourth-order valence-corrected chi connectivity index (χ4v) is 4.32. The van der Waals surface area contributed by atoms with Crippen LogP contribution in [0.1, 0.15) is 39.3 Å². The van der Waals surface area contributed by atoms with Crippen molar-refractivity contribution in [3.8, 4) is 0 Å². The van der Waals surface area contributed by atoms with Crippen molar-refractivity contribution in [1.29, 1.82) is 0 Å². The summed E-state index contributed by atoms with van der Waals surface area (Å²) in [5, 5.41) is 3.39. The quantitative estimate of drug-likeness (QED) is 0.644. The first-order valence-electron chi connectivity index (χ1n) is 9.21. The number of hydrogen-bond acceptors (Lipinski definition) is 6. The van der Waals surface area contributed by atoms with E-state index in [0.717, 1.165) is 5.56 Å². The van der Waals surface area contributed by atoms with Crippen molar-refractivity contribution in [1.82, 2.24) is 14.5 Å². The van der Waals surface area contributed by atoms with E-state index < -0.39 is 15.1 Å². The van der Waals surface area contributed by atoms with E-state index in [4.69, 9.17) is 11.6 Å². The Labute approximate surface area is 174 Å². The van der Waals surface area contributed by atoms with Crippen molar-refractivity contribution < 1.29 is 8.42 Å². The lowest BCUT2D eigenvalue weighted by molar-refractivity contribution is 0.587. The predicted molar refractivity (Wildman–Crippen MR) is 116 cm³/mol. The third kappa shape index (κ3) is 4.00. The molecule has 0 aliphatic carbocycles. The van der Waals surface area contributed by atoms with E-state index in [9.17, 15) is 13.2 Å². The Kier molecular flexibility index (Phi) is 5.69. The predicted octanol–water partition coefficient (Wildman–Crippen LogP) is 4.26. The fourth-order valence-electron chi connectivity index (χ4n) is 2.97. The van der Waals surface area contributed by atoms with Gasteiger partial charge in [0.25, 0.3) is 5.56 Å². The Morgan fingerprint density at radius 2 is 1.83 bits per heavy atom. The van der Waals surface area contributed by atoms with Gasteiger partial charge in [0.2, 0.25) is 5.95 Å². The second-order valence-corrected chi connectivity index (χ2v) is 10.3.